The highest BCUT2D eigenvalue weighted by Gasteiger charge is 2.21. The number of para-hydroxylation sites is 1. The summed E-state index contributed by atoms with van der Waals surface area (Å²) in [6.45, 7) is 1.06. The average Bonchev–Trinajstić information content (AvgIpc) is 2.32. The standard InChI is InChI=1S/C10H13N5O2/c1-13-8-14(9-5-3-2-4-6-9)7-11-10(13)12-15(16)17/h2-6H,7-8H2,1H3,(H,11,12). The zero-order valence-corrected chi connectivity index (χ0v) is 9.41. The molecular weight excluding hydrogens is 222 g/mol. The fourth-order valence-electron chi connectivity index (χ4n) is 1.67. The number of benzene rings is 1. The maximum Gasteiger partial charge on any atom is 0.273 e. The third kappa shape index (κ3) is 2.63. The smallest absolute Gasteiger partial charge is 0.273 e. The van der Waals surface area contributed by atoms with Crippen molar-refractivity contribution < 1.29 is 5.03 Å². The Morgan fingerprint density at radius 3 is 2.71 bits per heavy atom. The topological polar surface area (TPSA) is 74.0 Å². The van der Waals surface area contributed by atoms with Crippen LogP contribution in [0.25, 0.3) is 0 Å². The van der Waals surface area contributed by atoms with E-state index in [1.54, 1.807) is 11.9 Å². The first-order valence-corrected chi connectivity index (χ1v) is 5.15. The molecule has 7 nitrogen and oxygen atoms in total. The minimum absolute atomic E-state index is 0.280. The Kier molecular flexibility index (Phi) is 3.08. The van der Waals surface area contributed by atoms with Crippen LogP contribution in [-0.2, 0) is 0 Å². The molecule has 0 spiro atoms. The molecule has 90 valence electrons. The molecule has 0 saturated carbocycles. The number of nitro groups is 1. The predicted octanol–water partition coefficient (Wildman–Crippen LogP) is 0.491. The Balaban J connectivity index is 2.08. The minimum Gasteiger partial charge on any atom is -0.336 e. The Morgan fingerprint density at radius 2 is 2.12 bits per heavy atom. The third-order valence-electron chi connectivity index (χ3n) is 2.47. The van der Waals surface area contributed by atoms with E-state index in [1.165, 1.54) is 0 Å². The lowest BCUT2D eigenvalue weighted by atomic mass is 10.3. The Bertz CT molecular complexity index is 434. The molecule has 1 aliphatic heterocycles. The van der Waals surface area contributed by atoms with Crippen molar-refractivity contribution >= 4 is 11.6 Å². The van der Waals surface area contributed by atoms with Gasteiger partial charge in [0, 0.05) is 12.7 Å². The van der Waals surface area contributed by atoms with Gasteiger partial charge in [-0.25, -0.2) is 10.1 Å². The first-order valence-electron chi connectivity index (χ1n) is 5.15. The van der Waals surface area contributed by atoms with Crippen molar-refractivity contribution in [2.45, 2.75) is 0 Å². The normalized spacial score (nSPS) is 18.1. The van der Waals surface area contributed by atoms with Crippen LogP contribution in [0.1, 0.15) is 0 Å². The van der Waals surface area contributed by atoms with Gasteiger partial charge in [-0.1, -0.05) is 18.2 Å². The second-order valence-corrected chi connectivity index (χ2v) is 3.71. The van der Waals surface area contributed by atoms with Crippen molar-refractivity contribution in [3.63, 3.8) is 0 Å². The summed E-state index contributed by atoms with van der Waals surface area (Å²) in [5, 5.41) is 15.8. The van der Waals surface area contributed by atoms with Gasteiger partial charge in [0.1, 0.15) is 5.10 Å². The van der Waals surface area contributed by atoms with Gasteiger partial charge < -0.3 is 15.1 Å². The number of hydrogen-bond acceptors (Lipinski definition) is 3. The molecule has 0 aromatic heterocycles. The van der Waals surface area contributed by atoms with Gasteiger partial charge in [-0.3, -0.25) is 0 Å². The van der Waals surface area contributed by atoms with Crippen molar-refractivity contribution in [3.05, 3.63) is 40.4 Å². The van der Waals surface area contributed by atoms with Crippen LogP contribution in [0, 0.1) is 10.1 Å². The van der Waals surface area contributed by atoms with Gasteiger partial charge in [-0.15, -0.1) is 0 Å². The quantitative estimate of drug-likeness (QED) is 0.596. The Labute approximate surface area is 98.5 Å². The van der Waals surface area contributed by atoms with Gasteiger partial charge in [0.05, 0.1) is 13.3 Å². The molecule has 17 heavy (non-hydrogen) atoms. The van der Waals surface area contributed by atoms with Gasteiger partial charge >= 0.3 is 0 Å². The van der Waals surface area contributed by atoms with Crippen LogP contribution in [0.4, 0.5) is 5.69 Å². The van der Waals surface area contributed by atoms with Crippen molar-refractivity contribution in [1.82, 2.24) is 10.2 Å². The number of hydrogen-bond donors (Lipinski definition) is 1. The Hall–Kier alpha value is -2.31. The molecule has 1 aromatic carbocycles. The van der Waals surface area contributed by atoms with E-state index in [-0.39, 0.29) is 5.96 Å². The summed E-state index contributed by atoms with van der Waals surface area (Å²) in [4.78, 5) is 14.1. The molecular formula is C10H13N5O2. The largest absolute Gasteiger partial charge is 0.336 e. The third-order valence-corrected chi connectivity index (χ3v) is 2.47. The van der Waals surface area contributed by atoms with Crippen LogP contribution >= 0.6 is 0 Å². The summed E-state index contributed by atoms with van der Waals surface area (Å²) in [6.07, 6.45) is 0. The zero-order valence-electron chi connectivity index (χ0n) is 9.41. The van der Waals surface area contributed by atoms with Crippen molar-refractivity contribution in [3.8, 4) is 0 Å². The molecule has 0 amide bonds. The molecule has 1 N–H and O–H groups in total. The molecule has 1 saturated heterocycles. The number of guanidine groups is 1. The van der Waals surface area contributed by atoms with Gasteiger partial charge in [0.25, 0.3) is 5.96 Å². The summed E-state index contributed by atoms with van der Waals surface area (Å²) in [6, 6.07) is 9.84. The molecule has 0 atom stereocenters. The first-order chi connectivity index (χ1) is 8.16. The second-order valence-electron chi connectivity index (χ2n) is 3.71. The number of anilines is 1. The van der Waals surface area contributed by atoms with E-state index in [0.717, 1.165) is 5.69 Å². The van der Waals surface area contributed by atoms with Crippen LogP contribution < -0.4 is 10.2 Å². The van der Waals surface area contributed by atoms with Crippen LogP contribution in [0.2, 0.25) is 0 Å². The highest BCUT2D eigenvalue weighted by molar-refractivity contribution is 5.80. The number of rotatable bonds is 2. The molecule has 0 bridgehead atoms. The van der Waals surface area contributed by atoms with Gasteiger partial charge in [0.2, 0.25) is 0 Å². The minimum atomic E-state index is -0.697. The molecule has 1 fully saturated rings. The van der Waals surface area contributed by atoms with E-state index in [0.29, 0.717) is 13.3 Å². The fourth-order valence-corrected chi connectivity index (χ4v) is 1.67. The number of nitrogens with one attached hydrogen (secondary N) is 1. The fraction of sp³-hybridized carbons (Fsp3) is 0.300. The summed E-state index contributed by atoms with van der Waals surface area (Å²) in [5.74, 6) is 0.280. The van der Waals surface area contributed by atoms with Crippen molar-refractivity contribution in [2.75, 3.05) is 25.3 Å². The lowest BCUT2D eigenvalue weighted by molar-refractivity contribution is -0.486. The average molecular weight is 235 g/mol. The Morgan fingerprint density at radius 1 is 1.41 bits per heavy atom. The van der Waals surface area contributed by atoms with E-state index < -0.39 is 5.03 Å². The first kappa shape index (κ1) is 11.2. The van der Waals surface area contributed by atoms with E-state index in [9.17, 15) is 10.1 Å². The molecule has 2 rings (SSSR count). The van der Waals surface area contributed by atoms with Gasteiger partial charge in [0.15, 0.2) is 5.03 Å². The highest BCUT2D eigenvalue weighted by atomic mass is 16.7. The summed E-state index contributed by atoms with van der Waals surface area (Å²) in [7, 11) is 1.75. The predicted molar refractivity (Wildman–Crippen MR) is 64.0 cm³/mol. The van der Waals surface area contributed by atoms with E-state index in [1.807, 2.05) is 30.3 Å². The number of nitrogens with zero attached hydrogens (tertiary/aromatic N) is 4. The zero-order chi connectivity index (χ0) is 12.3. The van der Waals surface area contributed by atoms with Gasteiger partial charge in [-0.2, -0.15) is 0 Å². The summed E-state index contributed by atoms with van der Waals surface area (Å²) < 4.78 is 0. The monoisotopic (exact) mass is 235 g/mol. The number of hydrazone groups is 1. The highest BCUT2D eigenvalue weighted by Crippen LogP contribution is 2.14. The van der Waals surface area contributed by atoms with Crippen LogP contribution in [0.15, 0.2) is 35.4 Å². The summed E-state index contributed by atoms with van der Waals surface area (Å²) in [5.41, 5.74) is 1.06. The van der Waals surface area contributed by atoms with Crippen LogP contribution in [0.5, 0.6) is 0 Å². The molecule has 1 aliphatic rings. The lowest BCUT2D eigenvalue weighted by Gasteiger charge is -2.36. The molecule has 1 aromatic rings. The summed E-state index contributed by atoms with van der Waals surface area (Å²) >= 11 is 0. The molecule has 7 heteroatoms. The molecule has 0 unspecified atom stereocenters. The van der Waals surface area contributed by atoms with Crippen LogP contribution in [0.3, 0.4) is 0 Å². The molecule has 1 heterocycles. The van der Waals surface area contributed by atoms with E-state index in [2.05, 4.69) is 15.3 Å². The maximum atomic E-state index is 10.3. The molecule has 0 aliphatic carbocycles. The SMILES string of the molecule is CN1CN(c2ccccc2)CNC1=N[N+](=O)[O-]. The van der Waals surface area contributed by atoms with Crippen LogP contribution in [-0.4, -0.2) is 36.3 Å². The maximum absolute atomic E-state index is 10.3. The lowest BCUT2D eigenvalue weighted by Crippen LogP contribution is -2.55. The second kappa shape index (κ2) is 4.69. The molecule has 0 radical (unpaired) electrons. The van der Waals surface area contributed by atoms with Gasteiger partial charge in [-0.05, 0) is 12.1 Å². The van der Waals surface area contributed by atoms with E-state index >= 15 is 0 Å². The van der Waals surface area contributed by atoms with E-state index in [4.69, 9.17) is 0 Å². The van der Waals surface area contributed by atoms with Crippen molar-refractivity contribution in [1.29, 1.82) is 0 Å². The van der Waals surface area contributed by atoms with Crippen molar-refractivity contribution in [2.24, 2.45) is 5.10 Å².